The Balaban J connectivity index is 2.96. The molecule has 0 aliphatic rings. The molecular weight excluding hydrogens is 261 g/mol. The van der Waals surface area contributed by atoms with E-state index >= 15 is 0 Å². The summed E-state index contributed by atoms with van der Waals surface area (Å²) in [7, 11) is 0. The molecule has 0 aliphatic carbocycles. The maximum atomic E-state index is 12.5. The summed E-state index contributed by atoms with van der Waals surface area (Å²) >= 11 is 1.68. The standard InChI is InChI=1S/C12H17F3N2S/c1-8-7-9(12(13,14)15)3-4-10(8)11(17-16)5-6-18-2/h3-4,7,11,17H,5-6,16H2,1-2H3. The third-order valence-corrected chi connectivity index (χ3v) is 3.43. The van der Waals surface area contributed by atoms with Crippen molar-refractivity contribution in [2.75, 3.05) is 12.0 Å². The van der Waals surface area contributed by atoms with E-state index in [1.807, 2.05) is 6.26 Å². The van der Waals surface area contributed by atoms with Gasteiger partial charge in [0, 0.05) is 6.04 Å². The second kappa shape index (κ2) is 6.45. The smallest absolute Gasteiger partial charge is 0.271 e. The lowest BCUT2D eigenvalue weighted by Gasteiger charge is -2.19. The maximum absolute atomic E-state index is 12.5. The van der Waals surface area contributed by atoms with Crippen molar-refractivity contribution in [3.05, 3.63) is 34.9 Å². The van der Waals surface area contributed by atoms with Crippen LogP contribution in [0, 0.1) is 6.92 Å². The molecule has 1 rings (SSSR count). The Bertz CT molecular complexity index is 393. The van der Waals surface area contributed by atoms with E-state index in [1.54, 1.807) is 18.7 Å². The molecule has 18 heavy (non-hydrogen) atoms. The number of rotatable bonds is 5. The van der Waals surface area contributed by atoms with Crippen LogP contribution in [-0.4, -0.2) is 12.0 Å². The van der Waals surface area contributed by atoms with Gasteiger partial charge in [0.15, 0.2) is 0 Å². The Hall–Kier alpha value is -0.720. The SMILES string of the molecule is CSCCC(NN)c1ccc(C(F)(F)F)cc1C. The van der Waals surface area contributed by atoms with Crippen LogP contribution in [0.2, 0.25) is 0 Å². The molecule has 6 heteroatoms. The minimum Gasteiger partial charge on any atom is -0.271 e. The summed E-state index contributed by atoms with van der Waals surface area (Å²) in [6.07, 6.45) is -1.54. The van der Waals surface area contributed by atoms with Gasteiger partial charge in [0.1, 0.15) is 0 Å². The van der Waals surface area contributed by atoms with Crippen LogP contribution in [0.5, 0.6) is 0 Å². The van der Waals surface area contributed by atoms with Gasteiger partial charge in [0.2, 0.25) is 0 Å². The normalized spacial score (nSPS) is 13.7. The predicted molar refractivity (Wildman–Crippen MR) is 69.2 cm³/mol. The van der Waals surface area contributed by atoms with Crippen molar-refractivity contribution in [1.82, 2.24) is 5.43 Å². The van der Waals surface area contributed by atoms with Crippen molar-refractivity contribution >= 4 is 11.8 Å². The Labute approximate surface area is 109 Å². The molecule has 0 saturated carbocycles. The third kappa shape index (κ3) is 3.90. The van der Waals surface area contributed by atoms with E-state index in [9.17, 15) is 13.2 Å². The highest BCUT2D eigenvalue weighted by Gasteiger charge is 2.30. The van der Waals surface area contributed by atoms with Crippen molar-refractivity contribution in [3.63, 3.8) is 0 Å². The van der Waals surface area contributed by atoms with E-state index in [1.165, 1.54) is 12.1 Å². The molecule has 0 bridgehead atoms. The topological polar surface area (TPSA) is 38.0 Å². The summed E-state index contributed by atoms with van der Waals surface area (Å²) in [5.41, 5.74) is 3.46. The van der Waals surface area contributed by atoms with Crippen molar-refractivity contribution in [2.24, 2.45) is 5.84 Å². The fourth-order valence-electron chi connectivity index (χ4n) is 1.81. The predicted octanol–water partition coefficient (Wildman–Crippen LogP) is 3.27. The van der Waals surface area contributed by atoms with Crippen LogP contribution < -0.4 is 11.3 Å². The van der Waals surface area contributed by atoms with Crippen LogP contribution >= 0.6 is 11.8 Å². The van der Waals surface area contributed by atoms with Gasteiger partial charge in [-0.3, -0.25) is 11.3 Å². The summed E-state index contributed by atoms with van der Waals surface area (Å²) in [5, 5.41) is 0. The van der Waals surface area contributed by atoms with Crippen molar-refractivity contribution in [2.45, 2.75) is 25.6 Å². The lowest BCUT2D eigenvalue weighted by atomic mass is 9.97. The van der Waals surface area contributed by atoms with Crippen LogP contribution in [0.25, 0.3) is 0 Å². The van der Waals surface area contributed by atoms with Gasteiger partial charge in [0.05, 0.1) is 5.56 Å². The molecule has 0 radical (unpaired) electrons. The molecule has 102 valence electrons. The Kier molecular flexibility index (Phi) is 5.49. The van der Waals surface area contributed by atoms with Crippen LogP contribution in [0.4, 0.5) is 13.2 Å². The number of aryl methyl sites for hydroxylation is 1. The fraction of sp³-hybridized carbons (Fsp3) is 0.500. The van der Waals surface area contributed by atoms with Crippen molar-refractivity contribution < 1.29 is 13.2 Å². The first-order valence-corrected chi connectivity index (χ1v) is 6.92. The monoisotopic (exact) mass is 278 g/mol. The molecule has 0 heterocycles. The molecule has 0 aromatic heterocycles. The number of halogens is 3. The van der Waals surface area contributed by atoms with Gasteiger partial charge in [0.25, 0.3) is 0 Å². The number of hydrogen-bond acceptors (Lipinski definition) is 3. The summed E-state index contributed by atoms with van der Waals surface area (Å²) in [6, 6.07) is 3.66. The average Bonchev–Trinajstić information content (AvgIpc) is 2.30. The van der Waals surface area contributed by atoms with E-state index < -0.39 is 11.7 Å². The molecule has 0 amide bonds. The molecule has 0 saturated heterocycles. The van der Waals surface area contributed by atoms with Gasteiger partial charge in [-0.2, -0.15) is 24.9 Å². The zero-order chi connectivity index (χ0) is 13.8. The van der Waals surface area contributed by atoms with Crippen LogP contribution in [-0.2, 0) is 6.18 Å². The van der Waals surface area contributed by atoms with E-state index in [0.29, 0.717) is 5.56 Å². The molecule has 1 unspecified atom stereocenters. The largest absolute Gasteiger partial charge is 0.416 e. The number of thioether (sulfide) groups is 1. The summed E-state index contributed by atoms with van der Waals surface area (Å²) in [5.74, 6) is 6.35. The molecule has 3 N–H and O–H groups in total. The van der Waals surface area contributed by atoms with Gasteiger partial charge in [-0.05, 0) is 48.6 Å². The van der Waals surface area contributed by atoms with Gasteiger partial charge < -0.3 is 0 Å². The maximum Gasteiger partial charge on any atom is 0.416 e. The second-order valence-corrected chi connectivity index (χ2v) is 5.06. The van der Waals surface area contributed by atoms with Gasteiger partial charge in [-0.15, -0.1) is 0 Å². The highest BCUT2D eigenvalue weighted by Crippen LogP contribution is 2.32. The number of hydrogen-bond donors (Lipinski definition) is 2. The molecule has 0 spiro atoms. The first-order valence-electron chi connectivity index (χ1n) is 5.53. The van der Waals surface area contributed by atoms with Gasteiger partial charge >= 0.3 is 6.18 Å². The molecular formula is C12H17F3N2S. The van der Waals surface area contributed by atoms with Crippen LogP contribution in [0.3, 0.4) is 0 Å². The highest BCUT2D eigenvalue weighted by atomic mass is 32.2. The van der Waals surface area contributed by atoms with Crippen LogP contribution in [0.15, 0.2) is 18.2 Å². The van der Waals surface area contributed by atoms with Gasteiger partial charge in [-0.1, -0.05) is 6.07 Å². The summed E-state index contributed by atoms with van der Waals surface area (Å²) in [4.78, 5) is 0. The fourth-order valence-corrected chi connectivity index (χ4v) is 2.28. The van der Waals surface area contributed by atoms with Crippen molar-refractivity contribution in [3.8, 4) is 0 Å². The number of nitrogens with one attached hydrogen (secondary N) is 1. The number of alkyl halides is 3. The Morgan fingerprint density at radius 3 is 2.50 bits per heavy atom. The van der Waals surface area contributed by atoms with E-state index in [2.05, 4.69) is 5.43 Å². The first-order chi connectivity index (χ1) is 8.40. The summed E-state index contributed by atoms with van der Waals surface area (Å²) in [6.45, 7) is 1.67. The summed E-state index contributed by atoms with van der Waals surface area (Å²) < 4.78 is 37.6. The Morgan fingerprint density at radius 2 is 2.06 bits per heavy atom. The van der Waals surface area contributed by atoms with Crippen LogP contribution in [0.1, 0.15) is 29.2 Å². The molecule has 2 nitrogen and oxygen atoms in total. The van der Waals surface area contributed by atoms with E-state index in [4.69, 9.17) is 5.84 Å². The van der Waals surface area contributed by atoms with Gasteiger partial charge in [-0.25, -0.2) is 0 Å². The van der Waals surface area contributed by atoms with E-state index in [0.717, 1.165) is 23.8 Å². The van der Waals surface area contributed by atoms with E-state index in [-0.39, 0.29) is 6.04 Å². The van der Waals surface area contributed by atoms with Crippen molar-refractivity contribution in [1.29, 1.82) is 0 Å². The number of nitrogens with two attached hydrogens (primary N) is 1. The molecule has 0 aliphatic heterocycles. The lowest BCUT2D eigenvalue weighted by Crippen LogP contribution is -2.29. The molecule has 1 atom stereocenters. The molecule has 0 fully saturated rings. The molecule has 1 aromatic rings. The zero-order valence-corrected chi connectivity index (χ0v) is 11.2. The average molecular weight is 278 g/mol. The third-order valence-electron chi connectivity index (χ3n) is 2.78. The number of hydrazine groups is 1. The molecule has 1 aromatic carbocycles. The highest BCUT2D eigenvalue weighted by molar-refractivity contribution is 7.98. The minimum absolute atomic E-state index is 0.111. The zero-order valence-electron chi connectivity index (χ0n) is 10.3. The first kappa shape index (κ1) is 15.3. The number of benzene rings is 1. The second-order valence-electron chi connectivity index (χ2n) is 4.07. The quantitative estimate of drug-likeness (QED) is 0.641. The minimum atomic E-state index is -4.30. The Morgan fingerprint density at radius 1 is 1.39 bits per heavy atom. The lowest BCUT2D eigenvalue weighted by molar-refractivity contribution is -0.137.